The molecule has 7 heteroatoms. The zero-order chi connectivity index (χ0) is 14.2. The zero-order valence-corrected chi connectivity index (χ0v) is 12.2. The molecule has 1 fully saturated rings. The van der Waals surface area contributed by atoms with Crippen molar-refractivity contribution < 1.29 is 8.42 Å². The number of imidazole rings is 1. The van der Waals surface area contributed by atoms with Crippen molar-refractivity contribution in [2.24, 2.45) is 0 Å². The zero-order valence-electron chi connectivity index (χ0n) is 11.3. The molecular formula is C13H18N4O2S. The summed E-state index contributed by atoms with van der Waals surface area (Å²) in [6.07, 6.45) is 1.87. The van der Waals surface area contributed by atoms with Gasteiger partial charge in [0.15, 0.2) is 0 Å². The Balaban J connectivity index is 1.93. The van der Waals surface area contributed by atoms with Crippen LogP contribution in [0.1, 0.15) is 12.8 Å². The van der Waals surface area contributed by atoms with Crippen LogP contribution in [-0.2, 0) is 10.0 Å². The molecule has 0 saturated carbocycles. The highest BCUT2D eigenvalue weighted by Gasteiger charge is 2.31. The molecule has 0 aliphatic carbocycles. The van der Waals surface area contributed by atoms with Gasteiger partial charge in [-0.25, -0.2) is 13.4 Å². The van der Waals surface area contributed by atoms with Crippen LogP contribution in [0, 0.1) is 0 Å². The fourth-order valence-electron chi connectivity index (χ4n) is 2.53. The van der Waals surface area contributed by atoms with Gasteiger partial charge in [-0.3, -0.25) is 0 Å². The SMILES string of the molecule is CN([C@H]1CCCNC1)S(=O)(=O)c1nc2ccccc2[nH]1. The minimum atomic E-state index is -3.57. The van der Waals surface area contributed by atoms with Gasteiger partial charge in [0.05, 0.1) is 11.0 Å². The van der Waals surface area contributed by atoms with E-state index in [1.165, 1.54) is 4.31 Å². The predicted molar refractivity (Wildman–Crippen MR) is 76.9 cm³/mol. The molecule has 1 aromatic carbocycles. The molecule has 2 heterocycles. The van der Waals surface area contributed by atoms with Crippen LogP contribution in [-0.4, -0.2) is 48.9 Å². The number of hydrogen-bond acceptors (Lipinski definition) is 4. The van der Waals surface area contributed by atoms with Crippen molar-refractivity contribution in [3.05, 3.63) is 24.3 Å². The second kappa shape index (κ2) is 5.16. The van der Waals surface area contributed by atoms with E-state index in [1.807, 2.05) is 18.2 Å². The molecule has 0 bridgehead atoms. The summed E-state index contributed by atoms with van der Waals surface area (Å²) in [5, 5.41) is 3.25. The third kappa shape index (κ3) is 2.32. The van der Waals surface area contributed by atoms with Crippen LogP contribution in [0.2, 0.25) is 0 Å². The van der Waals surface area contributed by atoms with Crippen LogP contribution < -0.4 is 5.32 Å². The Morgan fingerprint density at radius 2 is 2.15 bits per heavy atom. The summed E-state index contributed by atoms with van der Waals surface area (Å²) in [5.74, 6) is 0. The highest BCUT2D eigenvalue weighted by atomic mass is 32.2. The van der Waals surface area contributed by atoms with Gasteiger partial charge in [0.25, 0.3) is 10.0 Å². The number of likely N-dealkylation sites (N-methyl/N-ethyl adjacent to an activating group) is 1. The maximum atomic E-state index is 12.6. The number of H-pyrrole nitrogens is 1. The summed E-state index contributed by atoms with van der Waals surface area (Å²) in [6, 6.07) is 7.30. The summed E-state index contributed by atoms with van der Waals surface area (Å²) in [7, 11) is -1.95. The van der Waals surface area contributed by atoms with E-state index in [0.717, 1.165) is 24.9 Å². The van der Waals surface area contributed by atoms with Crippen LogP contribution in [0.15, 0.2) is 29.4 Å². The van der Waals surface area contributed by atoms with Crippen molar-refractivity contribution >= 4 is 21.1 Å². The number of sulfonamides is 1. The number of piperidine rings is 1. The van der Waals surface area contributed by atoms with E-state index in [-0.39, 0.29) is 11.2 Å². The molecule has 0 spiro atoms. The van der Waals surface area contributed by atoms with E-state index in [9.17, 15) is 8.42 Å². The van der Waals surface area contributed by atoms with Crippen molar-refractivity contribution in [2.75, 3.05) is 20.1 Å². The van der Waals surface area contributed by atoms with Crippen LogP contribution >= 0.6 is 0 Å². The first kappa shape index (κ1) is 13.5. The number of nitrogens with one attached hydrogen (secondary N) is 2. The lowest BCUT2D eigenvalue weighted by Gasteiger charge is -2.30. The van der Waals surface area contributed by atoms with Gasteiger partial charge >= 0.3 is 0 Å². The number of rotatable bonds is 3. The molecule has 1 aromatic heterocycles. The second-order valence-corrected chi connectivity index (χ2v) is 6.99. The predicted octanol–water partition coefficient (Wildman–Crippen LogP) is 0.935. The fourth-order valence-corrected chi connectivity index (χ4v) is 3.83. The molecule has 0 unspecified atom stereocenters. The van der Waals surface area contributed by atoms with E-state index in [1.54, 1.807) is 13.1 Å². The topological polar surface area (TPSA) is 78.1 Å². The number of nitrogens with zero attached hydrogens (tertiary/aromatic N) is 2. The monoisotopic (exact) mass is 294 g/mol. The third-order valence-corrected chi connectivity index (χ3v) is 5.51. The standard InChI is InChI=1S/C13H18N4O2S/c1-17(10-5-4-8-14-9-10)20(18,19)13-15-11-6-2-3-7-12(11)16-13/h2-3,6-7,10,14H,4-5,8-9H2,1H3,(H,15,16)/t10-/m0/s1. The Morgan fingerprint density at radius 1 is 1.35 bits per heavy atom. The van der Waals surface area contributed by atoms with Gasteiger partial charge in [-0.15, -0.1) is 0 Å². The Kier molecular flexibility index (Phi) is 3.49. The van der Waals surface area contributed by atoms with Gasteiger partial charge in [-0.1, -0.05) is 12.1 Å². The van der Waals surface area contributed by atoms with E-state index < -0.39 is 10.0 Å². The number of aromatic nitrogens is 2. The Bertz CT molecular complexity index is 671. The Labute approximate surface area is 118 Å². The van der Waals surface area contributed by atoms with Crippen molar-refractivity contribution in [1.82, 2.24) is 19.6 Å². The van der Waals surface area contributed by atoms with Crippen LogP contribution in [0.5, 0.6) is 0 Å². The number of aromatic amines is 1. The molecule has 20 heavy (non-hydrogen) atoms. The quantitative estimate of drug-likeness (QED) is 0.883. The second-order valence-electron chi connectivity index (χ2n) is 5.08. The highest BCUT2D eigenvalue weighted by molar-refractivity contribution is 7.89. The maximum Gasteiger partial charge on any atom is 0.276 e. The molecule has 1 aliphatic heterocycles. The molecule has 2 N–H and O–H groups in total. The van der Waals surface area contributed by atoms with Crippen molar-refractivity contribution in [2.45, 2.75) is 24.0 Å². The van der Waals surface area contributed by atoms with Gasteiger partial charge in [0.2, 0.25) is 5.16 Å². The molecule has 108 valence electrons. The molecule has 2 aromatic rings. The molecule has 0 radical (unpaired) electrons. The third-order valence-electron chi connectivity index (χ3n) is 3.78. The first-order chi connectivity index (χ1) is 9.59. The average Bonchev–Trinajstić information content (AvgIpc) is 2.92. The lowest BCUT2D eigenvalue weighted by atomic mass is 10.1. The summed E-state index contributed by atoms with van der Waals surface area (Å²) >= 11 is 0. The normalized spacial score (nSPS) is 20.6. The summed E-state index contributed by atoms with van der Waals surface area (Å²) < 4.78 is 26.6. The van der Waals surface area contributed by atoms with Gasteiger partial charge < -0.3 is 10.3 Å². The van der Waals surface area contributed by atoms with E-state index in [4.69, 9.17) is 0 Å². The molecule has 0 amide bonds. The molecule has 1 atom stereocenters. The van der Waals surface area contributed by atoms with Gasteiger partial charge in [-0.2, -0.15) is 4.31 Å². The minimum absolute atomic E-state index is 0.0121. The van der Waals surface area contributed by atoms with E-state index in [2.05, 4.69) is 15.3 Å². The smallest absolute Gasteiger partial charge is 0.276 e. The van der Waals surface area contributed by atoms with Crippen molar-refractivity contribution in [3.8, 4) is 0 Å². The number of fused-ring (bicyclic) bond motifs is 1. The van der Waals surface area contributed by atoms with Crippen LogP contribution in [0.4, 0.5) is 0 Å². The largest absolute Gasteiger partial charge is 0.328 e. The molecule has 1 aliphatic rings. The molecule has 6 nitrogen and oxygen atoms in total. The lowest BCUT2D eigenvalue weighted by molar-refractivity contribution is 0.299. The van der Waals surface area contributed by atoms with E-state index in [0.29, 0.717) is 12.1 Å². The van der Waals surface area contributed by atoms with Crippen LogP contribution in [0.25, 0.3) is 11.0 Å². The Hall–Kier alpha value is -1.44. The van der Waals surface area contributed by atoms with Crippen molar-refractivity contribution in [1.29, 1.82) is 0 Å². The van der Waals surface area contributed by atoms with Gasteiger partial charge in [0, 0.05) is 19.6 Å². The van der Waals surface area contributed by atoms with Crippen molar-refractivity contribution in [3.63, 3.8) is 0 Å². The highest BCUT2D eigenvalue weighted by Crippen LogP contribution is 2.20. The van der Waals surface area contributed by atoms with Gasteiger partial charge in [0.1, 0.15) is 0 Å². The average molecular weight is 294 g/mol. The van der Waals surface area contributed by atoms with Gasteiger partial charge in [-0.05, 0) is 31.5 Å². The molecule has 1 saturated heterocycles. The minimum Gasteiger partial charge on any atom is -0.328 e. The maximum absolute atomic E-state index is 12.6. The first-order valence-corrected chi connectivity index (χ1v) is 8.16. The number of para-hydroxylation sites is 2. The Morgan fingerprint density at radius 3 is 2.85 bits per heavy atom. The van der Waals surface area contributed by atoms with Crippen LogP contribution in [0.3, 0.4) is 0 Å². The van der Waals surface area contributed by atoms with E-state index >= 15 is 0 Å². The summed E-state index contributed by atoms with van der Waals surface area (Å²) in [6.45, 7) is 1.64. The first-order valence-electron chi connectivity index (χ1n) is 6.72. The fraction of sp³-hybridized carbons (Fsp3) is 0.462. The number of benzene rings is 1. The molecular weight excluding hydrogens is 276 g/mol. The molecule has 3 rings (SSSR count). The number of hydrogen-bond donors (Lipinski definition) is 2. The summed E-state index contributed by atoms with van der Waals surface area (Å²) in [4.78, 5) is 7.09. The summed E-state index contributed by atoms with van der Waals surface area (Å²) in [5.41, 5.74) is 1.41. The lowest BCUT2D eigenvalue weighted by Crippen LogP contribution is -2.46.